The lowest BCUT2D eigenvalue weighted by atomic mass is 10.0. The lowest BCUT2D eigenvalue weighted by Crippen LogP contribution is -1.88. The van der Waals surface area contributed by atoms with Gasteiger partial charge in [-0.2, -0.15) is 0 Å². The average Bonchev–Trinajstić information content (AvgIpc) is 2.71. The zero-order valence-electron chi connectivity index (χ0n) is 18.6. The largest absolute Gasteiger partial charge is 0.293 e. The fourth-order valence-electron chi connectivity index (χ4n) is 3.35. The molecule has 1 rings (SSSR count). The summed E-state index contributed by atoms with van der Waals surface area (Å²) in [6, 6.07) is 4.22. The number of aliphatic imine (C=N–C) groups is 1. The number of aromatic nitrogens is 1. The summed E-state index contributed by atoms with van der Waals surface area (Å²) < 4.78 is 0. The third-order valence-electron chi connectivity index (χ3n) is 5.30. The minimum Gasteiger partial charge on any atom is -0.293 e. The molecule has 1 aromatic rings. The molecule has 0 spiro atoms. The van der Waals surface area contributed by atoms with Crippen LogP contribution in [0, 0.1) is 0 Å². The van der Waals surface area contributed by atoms with E-state index in [1.165, 1.54) is 93.8 Å². The highest BCUT2D eigenvalue weighted by molar-refractivity contribution is 5.79. The Morgan fingerprint density at radius 2 is 1.46 bits per heavy atom. The van der Waals surface area contributed by atoms with E-state index in [0.717, 1.165) is 6.54 Å². The number of hydrogen-bond donors (Lipinski definition) is 0. The standard InChI is InChI=1S/C26H42N2/c1-4-17-24(2)25(3)22-27-20-15-13-11-9-7-5-6-8-10-12-14-18-26-19-16-21-28-23-26/h4,16-17,19,21-23H,5-15,18,20H2,1-3H3/b17-4-,25-24-,27-22?. The predicted molar refractivity (Wildman–Crippen MR) is 125 cm³/mol. The third-order valence-corrected chi connectivity index (χ3v) is 5.30. The summed E-state index contributed by atoms with van der Waals surface area (Å²) in [6.07, 6.45) is 26.3. The van der Waals surface area contributed by atoms with Crippen LogP contribution in [0.2, 0.25) is 0 Å². The van der Waals surface area contributed by atoms with Crippen LogP contribution in [0.5, 0.6) is 0 Å². The summed E-state index contributed by atoms with van der Waals surface area (Å²) in [5, 5.41) is 0. The van der Waals surface area contributed by atoms with Crippen molar-refractivity contribution in [1.82, 2.24) is 4.98 Å². The normalized spacial score (nSPS) is 12.8. The van der Waals surface area contributed by atoms with Crippen molar-refractivity contribution in [2.45, 2.75) is 97.8 Å². The van der Waals surface area contributed by atoms with Gasteiger partial charge in [-0.3, -0.25) is 9.98 Å². The van der Waals surface area contributed by atoms with Crippen LogP contribution in [0.15, 0.2) is 52.8 Å². The Balaban J connectivity index is 1.83. The van der Waals surface area contributed by atoms with Gasteiger partial charge in [0, 0.05) is 25.2 Å². The molecule has 0 aliphatic carbocycles. The summed E-state index contributed by atoms with van der Waals surface area (Å²) in [7, 11) is 0. The van der Waals surface area contributed by atoms with E-state index in [1.807, 2.05) is 24.7 Å². The van der Waals surface area contributed by atoms with E-state index in [9.17, 15) is 0 Å². The van der Waals surface area contributed by atoms with Crippen LogP contribution < -0.4 is 0 Å². The molecule has 0 bridgehead atoms. The van der Waals surface area contributed by atoms with Crippen LogP contribution in [0.1, 0.15) is 97.0 Å². The van der Waals surface area contributed by atoms with Gasteiger partial charge >= 0.3 is 0 Å². The summed E-state index contributed by atoms with van der Waals surface area (Å²) in [6.45, 7) is 7.31. The maximum absolute atomic E-state index is 4.56. The van der Waals surface area contributed by atoms with Gasteiger partial charge in [0.05, 0.1) is 0 Å². The second-order valence-electron chi connectivity index (χ2n) is 7.90. The molecular weight excluding hydrogens is 340 g/mol. The summed E-state index contributed by atoms with van der Waals surface area (Å²) in [5.41, 5.74) is 3.96. The fourth-order valence-corrected chi connectivity index (χ4v) is 3.35. The van der Waals surface area contributed by atoms with Crippen molar-refractivity contribution in [3.8, 4) is 0 Å². The van der Waals surface area contributed by atoms with Crippen LogP contribution in [0.4, 0.5) is 0 Å². The summed E-state index contributed by atoms with van der Waals surface area (Å²) >= 11 is 0. The molecule has 0 saturated heterocycles. The van der Waals surface area contributed by atoms with E-state index in [0.29, 0.717) is 0 Å². The maximum Gasteiger partial charge on any atom is 0.0389 e. The summed E-state index contributed by atoms with van der Waals surface area (Å²) in [5.74, 6) is 0. The molecule has 0 aliphatic heterocycles. The van der Waals surface area contributed by atoms with Crippen LogP contribution in [-0.2, 0) is 6.42 Å². The number of hydrogen-bond acceptors (Lipinski definition) is 2. The number of aryl methyl sites for hydroxylation is 1. The molecule has 0 amide bonds. The zero-order valence-corrected chi connectivity index (χ0v) is 18.6. The van der Waals surface area contributed by atoms with Crippen molar-refractivity contribution in [1.29, 1.82) is 0 Å². The molecule has 156 valence electrons. The predicted octanol–water partition coefficient (Wildman–Crippen LogP) is 7.90. The number of pyridine rings is 1. The van der Waals surface area contributed by atoms with Gasteiger partial charge in [-0.15, -0.1) is 0 Å². The van der Waals surface area contributed by atoms with Crippen molar-refractivity contribution in [2.24, 2.45) is 4.99 Å². The highest BCUT2D eigenvalue weighted by Crippen LogP contribution is 2.12. The molecule has 0 aliphatic rings. The number of rotatable bonds is 16. The Labute approximate surface area is 174 Å². The average molecular weight is 383 g/mol. The van der Waals surface area contributed by atoms with Gasteiger partial charge in [0.1, 0.15) is 0 Å². The van der Waals surface area contributed by atoms with Crippen molar-refractivity contribution in [3.63, 3.8) is 0 Å². The second-order valence-corrected chi connectivity index (χ2v) is 7.90. The number of allylic oxidation sites excluding steroid dienone is 4. The SMILES string of the molecule is C/C=C\C(C)=C(\C)C=NCCCCCCCCCCCCCc1cccnc1. The Bertz CT molecular complexity index is 569. The van der Waals surface area contributed by atoms with E-state index in [4.69, 9.17) is 0 Å². The first-order valence-corrected chi connectivity index (χ1v) is 11.4. The molecule has 0 radical (unpaired) electrons. The van der Waals surface area contributed by atoms with Gasteiger partial charge in [0.15, 0.2) is 0 Å². The quantitative estimate of drug-likeness (QED) is 0.162. The van der Waals surface area contributed by atoms with Gasteiger partial charge < -0.3 is 0 Å². The number of nitrogens with zero attached hydrogens (tertiary/aromatic N) is 2. The molecule has 1 aromatic heterocycles. The van der Waals surface area contributed by atoms with Gasteiger partial charge in [0.25, 0.3) is 0 Å². The van der Waals surface area contributed by atoms with E-state index in [1.54, 1.807) is 0 Å². The van der Waals surface area contributed by atoms with Crippen LogP contribution in [0.3, 0.4) is 0 Å². The zero-order chi connectivity index (χ0) is 20.3. The highest BCUT2D eigenvalue weighted by atomic mass is 14.7. The van der Waals surface area contributed by atoms with Crippen molar-refractivity contribution in [2.75, 3.05) is 6.54 Å². The molecular formula is C26H42N2. The minimum absolute atomic E-state index is 0.972. The fraction of sp³-hybridized carbons (Fsp3) is 0.615. The van der Waals surface area contributed by atoms with Crippen LogP contribution in [0.25, 0.3) is 0 Å². The van der Waals surface area contributed by atoms with Crippen molar-refractivity contribution < 1.29 is 0 Å². The lowest BCUT2D eigenvalue weighted by molar-refractivity contribution is 0.547. The van der Waals surface area contributed by atoms with Crippen LogP contribution >= 0.6 is 0 Å². The minimum atomic E-state index is 0.972. The molecule has 0 fully saturated rings. The third kappa shape index (κ3) is 13.5. The van der Waals surface area contributed by atoms with Crippen molar-refractivity contribution in [3.05, 3.63) is 53.4 Å². The Morgan fingerprint density at radius 1 is 0.857 bits per heavy atom. The molecule has 0 aromatic carbocycles. The Hall–Kier alpha value is -1.70. The van der Waals surface area contributed by atoms with Gasteiger partial charge in [-0.25, -0.2) is 0 Å². The lowest BCUT2D eigenvalue weighted by Gasteiger charge is -2.03. The maximum atomic E-state index is 4.56. The molecule has 0 saturated carbocycles. The first kappa shape index (κ1) is 24.3. The molecule has 0 atom stereocenters. The molecule has 0 N–H and O–H groups in total. The van der Waals surface area contributed by atoms with Gasteiger partial charge in [0.2, 0.25) is 0 Å². The van der Waals surface area contributed by atoms with E-state index < -0.39 is 0 Å². The topological polar surface area (TPSA) is 25.2 Å². The first-order valence-electron chi connectivity index (χ1n) is 11.4. The van der Waals surface area contributed by atoms with Crippen molar-refractivity contribution >= 4 is 6.21 Å². The molecule has 2 nitrogen and oxygen atoms in total. The molecule has 2 heteroatoms. The first-order chi connectivity index (χ1) is 13.7. The van der Waals surface area contributed by atoms with Crippen LogP contribution in [-0.4, -0.2) is 17.7 Å². The monoisotopic (exact) mass is 382 g/mol. The van der Waals surface area contributed by atoms with Gasteiger partial charge in [-0.1, -0.05) is 76.0 Å². The van der Waals surface area contributed by atoms with E-state index in [-0.39, 0.29) is 0 Å². The summed E-state index contributed by atoms with van der Waals surface area (Å²) in [4.78, 5) is 8.73. The molecule has 1 heterocycles. The highest BCUT2D eigenvalue weighted by Gasteiger charge is 1.95. The van der Waals surface area contributed by atoms with Gasteiger partial charge in [-0.05, 0) is 62.8 Å². The Kier molecular flexibility index (Phi) is 15.1. The second kappa shape index (κ2) is 17.4. The molecule has 28 heavy (non-hydrogen) atoms. The van der Waals surface area contributed by atoms with E-state index in [2.05, 4.69) is 49.0 Å². The molecule has 0 unspecified atom stereocenters. The smallest absolute Gasteiger partial charge is 0.0389 e. The van der Waals surface area contributed by atoms with E-state index >= 15 is 0 Å². The number of unbranched alkanes of at least 4 members (excludes halogenated alkanes) is 10. The Morgan fingerprint density at radius 3 is 2.04 bits per heavy atom.